The first-order valence-electron chi connectivity index (χ1n) is 17.1. The van der Waals surface area contributed by atoms with Gasteiger partial charge in [0.15, 0.2) is 0 Å². The van der Waals surface area contributed by atoms with Crippen LogP contribution >= 0.6 is 0 Å². The molecule has 0 amide bonds. The second-order valence-electron chi connectivity index (χ2n) is 13.3. The Labute approximate surface area is 284 Å². The third-order valence-electron chi connectivity index (χ3n) is 10.2. The first kappa shape index (κ1) is 27.9. The molecule has 0 saturated carbocycles. The fourth-order valence-electron chi connectivity index (χ4n) is 7.97. The van der Waals surface area contributed by atoms with Crippen LogP contribution in [0.2, 0.25) is 0 Å². The lowest BCUT2D eigenvalue weighted by Crippen LogP contribution is -2.08. The Balaban J connectivity index is 1.28. The van der Waals surface area contributed by atoms with Gasteiger partial charge in [0, 0.05) is 21.7 Å². The van der Waals surface area contributed by atoms with E-state index in [1.165, 1.54) is 44.2 Å². The van der Waals surface area contributed by atoms with Crippen LogP contribution in [0.4, 0.5) is 0 Å². The summed E-state index contributed by atoms with van der Waals surface area (Å²) in [6, 6.07) is 51.8. The molecule has 2 heterocycles. The van der Waals surface area contributed by atoms with Gasteiger partial charge in [-0.05, 0) is 104 Å². The predicted octanol–water partition coefficient (Wildman–Crippen LogP) is 13.4. The summed E-state index contributed by atoms with van der Waals surface area (Å²) >= 11 is 0. The maximum Gasteiger partial charge on any atom is 0.136 e. The minimum atomic E-state index is 0.429. The molecule has 1 aliphatic carbocycles. The summed E-state index contributed by atoms with van der Waals surface area (Å²) in [5.74, 6) is 1.30. The van der Waals surface area contributed by atoms with Crippen LogP contribution in [0.1, 0.15) is 18.1 Å². The molecule has 7 aromatic carbocycles. The first-order valence-corrected chi connectivity index (χ1v) is 17.1. The van der Waals surface area contributed by atoms with Gasteiger partial charge in [0.25, 0.3) is 0 Å². The Kier molecular flexibility index (Phi) is 6.25. The number of rotatable bonds is 4. The Bertz CT molecular complexity index is 2740. The van der Waals surface area contributed by atoms with Crippen molar-refractivity contribution >= 4 is 49.8 Å². The number of allylic oxidation sites excluding steroid dienone is 1. The Morgan fingerprint density at radius 1 is 0.510 bits per heavy atom. The SMILES string of the molecule is CC1C=Cc2c(c(-c3cc(-c4ccc5oc(-c6ccccc6)cc5c4)cc4oc5ccccc5c34)c3ccccc3c2-c2ccccc2)C1. The van der Waals surface area contributed by atoms with Gasteiger partial charge in [-0.15, -0.1) is 0 Å². The van der Waals surface area contributed by atoms with E-state index in [0.717, 1.165) is 61.8 Å². The third kappa shape index (κ3) is 4.48. The molecule has 0 aliphatic heterocycles. The summed E-state index contributed by atoms with van der Waals surface area (Å²) in [6.07, 6.45) is 5.71. The molecule has 10 rings (SSSR count). The lowest BCUT2D eigenvalue weighted by molar-refractivity contribution is 0.631. The summed E-state index contributed by atoms with van der Waals surface area (Å²) in [5.41, 5.74) is 13.8. The van der Waals surface area contributed by atoms with E-state index in [9.17, 15) is 0 Å². The molecule has 9 aromatic rings. The lowest BCUT2D eigenvalue weighted by Gasteiger charge is -2.26. The van der Waals surface area contributed by atoms with E-state index < -0.39 is 0 Å². The standard InChI is InChI=1S/C47H32O2/c1-29-20-22-37-39(24-29)46(36-17-9-8-16-35(36)45(37)31-14-6-3-7-15-31)40-26-33(27-44-47(40)38-18-10-11-19-42(38)49-44)32-21-23-41-34(25-32)28-43(48-41)30-12-4-2-5-13-30/h2-23,25-29H,24H2,1H3. The predicted molar refractivity (Wildman–Crippen MR) is 205 cm³/mol. The third-order valence-corrected chi connectivity index (χ3v) is 10.2. The van der Waals surface area contributed by atoms with E-state index in [2.05, 4.69) is 146 Å². The molecule has 0 radical (unpaired) electrons. The zero-order valence-corrected chi connectivity index (χ0v) is 27.1. The number of fused-ring (bicyclic) bond motifs is 6. The van der Waals surface area contributed by atoms with Gasteiger partial charge in [0.2, 0.25) is 0 Å². The average Bonchev–Trinajstić information content (AvgIpc) is 3.76. The van der Waals surface area contributed by atoms with Gasteiger partial charge in [-0.3, -0.25) is 0 Å². The average molecular weight is 629 g/mol. The number of hydrogen-bond acceptors (Lipinski definition) is 2. The van der Waals surface area contributed by atoms with Crippen molar-refractivity contribution in [2.45, 2.75) is 13.3 Å². The quantitative estimate of drug-likeness (QED) is 0.194. The molecule has 232 valence electrons. The van der Waals surface area contributed by atoms with Gasteiger partial charge in [0.05, 0.1) is 0 Å². The summed E-state index contributed by atoms with van der Waals surface area (Å²) in [5, 5.41) is 5.92. The molecule has 2 nitrogen and oxygen atoms in total. The molecular weight excluding hydrogens is 597 g/mol. The molecule has 49 heavy (non-hydrogen) atoms. The maximum atomic E-state index is 6.66. The van der Waals surface area contributed by atoms with E-state index in [4.69, 9.17) is 8.83 Å². The molecule has 2 heteroatoms. The van der Waals surface area contributed by atoms with Crippen LogP contribution in [0.5, 0.6) is 0 Å². The van der Waals surface area contributed by atoms with Crippen LogP contribution in [0.25, 0.3) is 94.5 Å². The normalized spacial score (nSPS) is 14.3. The first-order chi connectivity index (χ1) is 24.2. The van der Waals surface area contributed by atoms with E-state index in [-0.39, 0.29) is 0 Å². The van der Waals surface area contributed by atoms with Gasteiger partial charge in [0.1, 0.15) is 22.5 Å². The Morgan fingerprint density at radius 2 is 1.20 bits per heavy atom. The van der Waals surface area contributed by atoms with Gasteiger partial charge >= 0.3 is 0 Å². The van der Waals surface area contributed by atoms with Crippen LogP contribution in [0.3, 0.4) is 0 Å². The Hall–Kier alpha value is -6.12. The van der Waals surface area contributed by atoms with Crippen LogP contribution in [-0.4, -0.2) is 0 Å². The molecule has 2 aromatic heterocycles. The van der Waals surface area contributed by atoms with Gasteiger partial charge in [-0.2, -0.15) is 0 Å². The largest absolute Gasteiger partial charge is 0.456 e. The lowest BCUT2D eigenvalue weighted by atomic mass is 9.77. The van der Waals surface area contributed by atoms with Crippen LogP contribution < -0.4 is 0 Å². The van der Waals surface area contributed by atoms with Gasteiger partial charge in [-0.1, -0.05) is 128 Å². The van der Waals surface area contributed by atoms with E-state index in [0.29, 0.717) is 5.92 Å². The fourth-order valence-corrected chi connectivity index (χ4v) is 7.97. The zero-order chi connectivity index (χ0) is 32.5. The van der Waals surface area contributed by atoms with Crippen molar-refractivity contribution in [1.29, 1.82) is 0 Å². The smallest absolute Gasteiger partial charge is 0.136 e. The fraction of sp³-hybridized carbons (Fsp3) is 0.0638. The minimum absolute atomic E-state index is 0.429. The summed E-state index contributed by atoms with van der Waals surface area (Å²) in [7, 11) is 0. The highest BCUT2D eigenvalue weighted by Crippen LogP contribution is 2.49. The van der Waals surface area contributed by atoms with Crippen molar-refractivity contribution in [2.24, 2.45) is 5.92 Å². The molecule has 1 unspecified atom stereocenters. The summed E-state index contributed by atoms with van der Waals surface area (Å²) in [6.45, 7) is 2.32. The van der Waals surface area contributed by atoms with Crippen molar-refractivity contribution in [3.8, 4) is 44.7 Å². The molecule has 1 aliphatic rings. The van der Waals surface area contributed by atoms with Crippen LogP contribution in [0, 0.1) is 5.92 Å². The van der Waals surface area contributed by atoms with Gasteiger partial charge in [-0.25, -0.2) is 0 Å². The highest BCUT2D eigenvalue weighted by Gasteiger charge is 2.26. The second kappa shape index (κ2) is 11.0. The molecule has 0 bridgehead atoms. The highest BCUT2D eigenvalue weighted by atomic mass is 16.3. The molecule has 0 spiro atoms. The topological polar surface area (TPSA) is 26.3 Å². The van der Waals surface area contributed by atoms with Crippen molar-refractivity contribution in [2.75, 3.05) is 0 Å². The summed E-state index contributed by atoms with van der Waals surface area (Å²) < 4.78 is 13.0. The second-order valence-corrected chi connectivity index (χ2v) is 13.3. The van der Waals surface area contributed by atoms with Crippen molar-refractivity contribution in [1.82, 2.24) is 0 Å². The summed E-state index contributed by atoms with van der Waals surface area (Å²) in [4.78, 5) is 0. The molecular formula is C47H32O2. The number of benzene rings is 7. The molecule has 0 saturated heterocycles. The number of hydrogen-bond donors (Lipinski definition) is 0. The minimum Gasteiger partial charge on any atom is -0.456 e. The van der Waals surface area contributed by atoms with Crippen molar-refractivity contribution in [3.05, 3.63) is 163 Å². The zero-order valence-electron chi connectivity index (χ0n) is 27.1. The molecule has 1 atom stereocenters. The van der Waals surface area contributed by atoms with Crippen molar-refractivity contribution in [3.63, 3.8) is 0 Å². The van der Waals surface area contributed by atoms with Crippen molar-refractivity contribution < 1.29 is 8.83 Å². The van der Waals surface area contributed by atoms with E-state index in [1.807, 2.05) is 18.2 Å². The van der Waals surface area contributed by atoms with E-state index in [1.54, 1.807) is 0 Å². The highest BCUT2D eigenvalue weighted by molar-refractivity contribution is 6.19. The van der Waals surface area contributed by atoms with Crippen LogP contribution in [-0.2, 0) is 6.42 Å². The maximum absolute atomic E-state index is 6.66. The van der Waals surface area contributed by atoms with Crippen LogP contribution in [0.15, 0.2) is 161 Å². The number of furan rings is 2. The Morgan fingerprint density at radius 3 is 2.00 bits per heavy atom. The molecule has 0 N–H and O–H groups in total. The monoisotopic (exact) mass is 628 g/mol. The molecule has 0 fully saturated rings. The number of para-hydroxylation sites is 1. The van der Waals surface area contributed by atoms with Gasteiger partial charge < -0.3 is 8.83 Å². The van der Waals surface area contributed by atoms with E-state index >= 15 is 0 Å².